The molecule has 0 bridgehead atoms. The number of alkyl halides is 3. The van der Waals surface area contributed by atoms with Gasteiger partial charge in [0.05, 0.1) is 18.1 Å². The Morgan fingerprint density at radius 3 is 2.74 bits per heavy atom. The van der Waals surface area contributed by atoms with Crippen molar-refractivity contribution >= 4 is 22.7 Å². The monoisotopic (exact) mass is 395 g/mol. The first kappa shape index (κ1) is 19.3. The summed E-state index contributed by atoms with van der Waals surface area (Å²) in [4.78, 5) is 28.1. The Labute approximate surface area is 157 Å². The lowest BCUT2D eigenvalue weighted by Crippen LogP contribution is -2.34. The van der Waals surface area contributed by atoms with E-state index in [2.05, 4.69) is 19.9 Å². The summed E-state index contributed by atoms with van der Waals surface area (Å²) in [7, 11) is 0. The lowest BCUT2D eigenvalue weighted by Gasteiger charge is -2.30. The Morgan fingerprint density at radius 2 is 2.11 bits per heavy atom. The number of amidine groups is 1. The molecule has 2 aromatic rings. The van der Waals surface area contributed by atoms with Gasteiger partial charge in [-0.1, -0.05) is 11.8 Å². The maximum atomic E-state index is 13.8. The van der Waals surface area contributed by atoms with Gasteiger partial charge in [-0.3, -0.25) is 14.8 Å². The third kappa shape index (κ3) is 4.26. The smallest absolute Gasteiger partial charge is 0.281 e. The number of halogens is 3. The number of nitrogens with zero attached hydrogens (tertiary/aromatic N) is 4. The van der Waals surface area contributed by atoms with Crippen molar-refractivity contribution in [2.75, 3.05) is 12.4 Å². The fraction of sp³-hybridized carbons (Fsp3) is 0.353. The molecule has 1 aliphatic rings. The van der Waals surface area contributed by atoms with Crippen molar-refractivity contribution in [3.05, 3.63) is 53.4 Å². The zero-order valence-electron chi connectivity index (χ0n) is 14.1. The maximum Gasteiger partial charge on any atom is 0.281 e. The molecule has 0 aliphatic carbocycles. The van der Waals surface area contributed by atoms with Crippen molar-refractivity contribution < 1.29 is 18.0 Å². The van der Waals surface area contributed by atoms with Crippen LogP contribution in [0.15, 0.2) is 35.7 Å². The van der Waals surface area contributed by atoms with Crippen LogP contribution in [0.2, 0.25) is 0 Å². The van der Waals surface area contributed by atoms with E-state index in [0.717, 1.165) is 12.4 Å². The molecule has 0 aromatic carbocycles. The highest BCUT2D eigenvalue weighted by atomic mass is 32.2. The number of hydrogen-bond acceptors (Lipinski definition) is 7. The number of aliphatic imine (C=N–C) groups is 1. The number of ketones is 1. The first-order valence-corrected chi connectivity index (χ1v) is 9.05. The average molecular weight is 395 g/mol. The molecule has 1 aliphatic heterocycles. The number of thioether (sulfide) groups is 1. The van der Waals surface area contributed by atoms with Crippen molar-refractivity contribution in [3.8, 4) is 0 Å². The Balaban J connectivity index is 1.81. The lowest BCUT2D eigenvalue weighted by atomic mass is 9.92. The molecule has 3 heterocycles. The first-order valence-electron chi connectivity index (χ1n) is 8.06. The topological polar surface area (TPSA) is 94.1 Å². The Bertz CT molecular complexity index is 862. The van der Waals surface area contributed by atoms with E-state index in [1.54, 1.807) is 12.1 Å². The van der Waals surface area contributed by atoms with Gasteiger partial charge in [0.25, 0.3) is 6.43 Å². The van der Waals surface area contributed by atoms with E-state index in [9.17, 15) is 18.0 Å². The second-order valence-corrected chi connectivity index (χ2v) is 7.11. The summed E-state index contributed by atoms with van der Waals surface area (Å²) in [5.74, 6) is 0.230. The van der Waals surface area contributed by atoms with E-state index >= 15 is 0 Å². The average Bonchev–Trinajstić information content (AvgIpc) is 2.68. The number of Topliss-reactive ketones (excluding diaryl/α,β-unsaturated/α-hetero) is 1. The molecule has 0 radical (unpaired) electrons. The van der Waals surface area contributed by atoms with Crippen LogP contribution in [0, 0.1) is 0 Å². The highest BCUT2D eigenvalue weighted by Crippen LogP contribution is 2.35. The van der Waals surface area contributed by atoms with Crippen molar-refractivity contribution in [1.82, 2.24) is 15.0 Å². The number of nitrogens with two attached hydrogens (primary N) is 1. The van der Waals surface area contributed by atoms with Crippen LogP contribution in [0.1, 0.15) is 40.3 Å². The molecule has 2 aromatic heterocycles. The van der Waals surface area contributed by atoms with Crippen molar-refractivity contribution in [2.24, 2.45) is 10.7 Å². The molecule has 1 atom stereocenters. The van der Waals surface area contributed by atoms with Gasteiger partial charge >= 0.3 is 0 Å². The maximum absolute atomic E-state index is 13.8. The molecule has 0 saturated heterocycles. The summed E-state index contributed by atoms with van der Waals surface area (Å²) >= 11 is 1.36. The number of carbonyl (C=O) groups excluding carboxylic acids is 1. The number of pyridine rings is 1. The minimum absolute atomic E-state index is 0.0192. The van der Waals surface area contributed by atoms with Crippen LogP contribution < -0.4 is 5.73 Å². The second kappa shape index (κ2) is 8.03. The van der Waals surface area contributed by atoms with E-state index < -0.39 is 30.1 Å². The van der Waals surface area contributed by atoms with Gasteiger partial charge in [0.15, 0.2) is 11.0 Å². The van der Waals surface area contributed by atoms with Gasteiger partial charge in [-0.2, -0.15) is 0 Å². The number of rotatable bonds is 6. The molecule has 10 heteroatoms. The quantitative estimate of drug-likeness (QED) is 0.756. The van der Waals surface area contributed by atoms with Gasteiger partial charge in [-0.15, -0.1) is 0 Å². The van der Waals surface area contributed by atoms with Gasteiger partial charge in [0, 0.05) is 18.4 Å². The van der Waals surface area contributed by atoms with Crippen LogP contribution in [0.4, 0.5) is 13.2 Å². The molecule has 0 unspecified atom stereocenters. The molecule has 3 rings (SSSR count). The second-order valence-electron chi connectivity index (χ2n) is 5.99. The number of carbonyl (C=O) groups is 1. The third-order valence-corrected chi connectivity index (χ3v) is 4.95. The number of aromatic nitrogens is 3. The van der Waals surface area contributed by atoms with Crippen molar-refractivity contribution in [3.63, 3.8) is 0 Å². The van der Waals surface area contributed by atoms with E-state index in [4.69, 9.17) is 5.73 Å². The lowest BCUT2D eigenvalue weighted by molar-refractivity contribution is 0.0986. The molecule has 27 heavy (non-hydrogen) atoms. The largest absolute Gasteiger partial charge is 0.379 e. The molecule has 0 fully saturated rings. The molecule has 0 saturated carbocycles. The fourth-order valence-corrected chi connectivity index (χ4v) is 3.57. The van der Waals surface area contributed by atoms with Gasteiger partial charge < -0.3 is 5.73 Å². The van der Waals surface area contributed by atoms with Crippen LogP contribution in [0.5, 0.6) is 0 Å². The molecule has 0 amide bonds. The molecule has 6 nitrogen and oxygen atoms in total. The van der Waals surface area contributed by atoms with E-state index in [0.29, 0.717) is 28.6 Å². The van der Waals surface area contributed by atoms with Crippen molar-refractivity contribution in [2.45, 2.75) is 24.8 Å². The normalized spacial score (nSPS) is 19.8. The molecular formula is C17H16F3N5OS. The molecule has 142 valence electrons. The van der Waals surface area contributed by atoms with Gasteiger partial charge in [-0.25, -0.2) is 23.1 Å². The summed E-state index contributed by atoms with van der Waals surface area (Å²) in [6, 6.07) is 3.24. The summed E-state index contributed by atoms with van der Waals surface area (Å²) in [5, 5.41) is 0.302. The highest BCUT2D eigenvalue weighted by Gasteiger charge is 2.36. The van der Waals surface area contributed by atoms with E-state index in [1.807, 2.05) is 0 Å². The zero-order chi connectivity index (χ0) is 19.4. The van der Waals surface area contributed by atoms with Crippen molar-refractivity contribution in [1.29, 1.82) is 0 Å². The SMILES string of the molecule is NC1=N[C@](CF)(c2cc(CC(=O)c3cnc(C(F)F)cn3)ccn2)CCS1. The Morgan fingerprint density at radius 1 is 1.30 bits per heavy atom. The molecule has 2 N–H and O–H groups in total. The first-order chi connectivity index (χ1) is 12.9. The van der Waals surface area contributed by atoms with Gasteiger partial charge in [-0.05, 0) is 24.1 Å². The number of hydrogen-bond donors (Lipinski definition) is 1. The Hall–Kier alpha value is -2.49. The molecule has 0 spiro atoms. The summed E-state index contributed by atoms with van der Waals surface area (Å²) < 4.78 is 38.8. The summed E-state index contributed by atoms with van der Waals surface area (Å²) in [6.45, 7) is -0.751. The minimum Gasteiger partial charge on any atom is -0.379 e. The van der Waals surface area contributed by atoms with Crippen LogP contribution in [-0.2, 0) is 12.0 Å². The van der Waals surface area contributed by atoms with E-state index in [1.165, 1.54) is 18.0 Å². The van der Waals surface area contributed by atoms with Crippen LogP contribution in [-0.4, -0.2) is 38.3 Å². The third-order valence-electron chi connectivity index (χ3n) is 4.16. The molecular weight excluding hydrogens is 379 g/mol. The summed E-state index contributed by atoms with van der Waals surface area (Å²) in [5.41, 5.74) is 5.08. The van der Waals surface area contributed by atoms with Crippen LogP contribution >= 0.6 is 11.8 Å². The highest BCUT2D eigenvalue weighted by molar-refractivity contribution is 8.13. The van der Waals surface area contributed by atoms with Crippen LogP contribution in [0.3, 0.4) is 0 Å². The predicted octanol–water partition coefficient (Wildman–Crippen LogP) is 2.85. The minimum atomic E-state index is -2.75. The standard InChI is InChI=1S/C17H16F3N5OS/c18-9-17(2-4-27-16(21)25-17)14-6-10(1-3-22-14)5-13(26)11-7-24-12(8-23-11)15(19)20/h1,3,6-8,15H,2,4-5,9H2,(H2,21,25)/t17-/m1/s1. The van der Waals surface area contributed by atoms with Crippen LogP contribution in [0.25, 0.3) is 0 Å². The fourth-order valence-electron chi connectivity index (χ4n) is 2.68. The predicted molar refractivity (Wildman–Crippen MR) is 95.6 cm³/mol. The zero-order valence-corrected chi connectivity index (χ0v) is 14.9. The van der Waals surface area contributed by atoms with Gasteiger partial charge in [0.1, 0.15) is 23.6 Å². The van der Waals surface area contributed by atoms with E-state index in [-0.39, 0.29) is 12.1 Å². The summed E-state index contributed by atoms with van der Waals surface area (Å²) in [6.07, 6.45) is 1.04. The van der Waals surface area contributed by atoms with Gasteiger partial charge in [0.2, 0.25) is 0 Å². The Kier molecular flexibility index (Phi) is 5.73.